The van der Waals surface area contributed by atoms with Crippen LogP contribution in [0.4, 0.5) is 228 Å². The van der Waals surface area contributed by atoms with Crippen molar-refractivity contribution in [3.8, 4) is 11.1 Å². The zero-order valence-corrected chi connectivity index (χ0v) is 67.3. The SMILES string of the molecule is CCCCCCC(F)(F)C(F)(F)C(F)(F)[NH2+]CCC.Fc1c(F)c(F)c(-c2c(F)c(F)c(F)c(F)c2F)c(F)c1F.Fc1c(F)c2c(F)c(F)c3c(F)c(F)c([B-](c4c(F)c(F)c5c(F)c(F)c6c(F)c(F)c(F)c7c(F)c(F)c4c5c67)(c4c(F)c(F)c5c(F)c(F)c6c(F)c(F)c(F)c7c(F)c(F)c4c5c67)c4c(F)c(F)c5c(F)c(F)c6c(F)c(F)c(F)c7c(F)c(F)c4c5c67)c4c(F)c(F)c(c1F)c2c34. The minimum absolute atomic E-state index is 0.00699. The van der Waals surface area contributed by atoms with Gasteiger partial charge in [-0.3, -0.25) is 5.32 Å². The molecule has 18 aromatic carbocycles. The summed E-state index contributed by atoms with van der Waals surface area (Å²) >= 11 is 0. The number of quaternary nitrogens is 1. The van der Waals surface area contributed by atoms with Crippen molar-refractivity contribution >= 4 is 157 Å². The van der Waals surface area contributed by atoms with E-state index < -0.39 is 460 Å². The van der Waals surface area contributed by atoms with E-state index in [0.717, 1.165) is 6.42 Å². The van der Waals surface area contributed by atoms with Gasteiger partial charge in [0.05, 0.1) is 82.3 Å². The van der Waals surface area contributed by atoms with Gasteiger partial charge in [0.2, 0.25) is 11.6 Å². The zero-order valence-electron chi connectivity index (χ0n) is 67.3. The smallest absolute Gasteiger partial charge is 0.280 e. The number of nitrogens with two attached hydrogens (primary N) is 1. The van der Waals surface area contributed by atoms with Crippen LogP contribution in [-0.4, -0.2) is 30.6 Å². The van der Waals surface area contributed by atoms with Gasteiger partial charge in [-0.15, -0.1) is 30.6 Å². The number of hydrogen-bond donors (Lipinski definition) is 1. The maximum atomic E-state index is 19.3. The van der Waals surface area contributed by atoms with Gasteiger partial charge in [0, 0.05) is 49.5 Å². The number of hydrogen-bond acceptors (Lipinski definition) is 0. The third kappa shape index (κ3) is 12.7. The Morgan fingerprint density at radius 1 is 0.162 bits per heavy atom. The first-order chi connectivity index (χ1) is 66.0. The molecule has 0 spiro atoms. The molecule has 2 N–H and O–H groups in total. The normalized spacial score (nSPS) is 12.8. The molecular formula is C88H22BF52N. The average Bonchev–Trinajstić information content (AvgIpc) is 0.644. The molecule has 0 radical (unpaired) electrons. The molecule has 0 saturated heterocycles. The maximum absolute atomic E-state index is 19.3. The summed E-state index contributed by atoms with van der Waals surface area (Å²) in [6.07, 6.45) is -7.98. The molecule has 0 atom stereocenters. The standard InChI is InChI=1S/C64BF36.C12F10.C12H21F6N/c66-29-9-1-5-17(33(29)70)49(86)61(98)53(90)21(5)41(78)37(74)13(1)45(82)57(94)25(9)65(26-10-2-6-18(34(71)30(10)67)50(87)62(99)54(91)22(6)42(79)38(75)14(2)46(83)58(26)95,27-11-3-7-19(35(72)31(11)68)51(88)63(100)55(92)23(7)43(80)39(76)15(3)47(84)59(27)96)28-12-4-8-20(36(73)32(12)69)52(89)64(101)56(93)24(8)44(81)40(77)16(4)48(85)60(28)97;13-3-1(4(14)8(18)11(21)7(3)17)2-5(15)9(19)12(22)10(20)6(2)16;1-3-5-6-7-8-10(13,14)11(15,16)12(17,18)19-9-4-2/h;;19H,3-9H2,1-2H3/q-1;;/p+1. The molecule has 54 heteroatoms. The molecular weight excluding hydrogens is 2070 g/mol. The number of unbranched alkanes of at least 4 members (excludes halogenated alkanes) is 3. The van der Waals surface area contributed by atoms with Crippen molar-refractivity contribution in [2.24, 2.45) is 0 Å². The highest BCUT2D eigenvalue weighted by molar-refractivity contribution is 7.23. The van der Waals surface area contributed by atoms with Crippen molar-refractivity contribution in [1.82, 2.24) is 0 Å². The second-order valence-corrected chi connectivity index (χ2v) is 31.4. The molecule has 0 fully saturated rings. The lowest BCUT2D eigenvalue weighted by Gasteiger charge is -2.48. The van der Waals surface area contributed by atoms with Crippen LogP contribution in [0, 0.1) is 268 Å². The minimum Gasteiger partial charge on any atom is -0.280 e. The highest BCUT2D eigenvalue weighted by Crippen LogP contribution is 2.55. The van der Waals surface area contributed by atoms with Crippen LogP contribution in [0.15, 0.2) is 0 Å². The first kappa shape index (κ1) is 101. The van der Waals surface area contributed by atoms with Crippen LogP contribution in [0.25, 0.3) is 140 Å². The van der Waals surface area contributed by atoms with E-state index in [1.807, 2.05) is 6.92 Å². The molecule has 1 nitrogen and oxygen atoms in total. The van der Waals surface area contributed by atoms with E-state index in [9.17, 15) is 70.2 Å². The molecule has 0 bridgehead atoms. The predicted molar refractivity (Wildman–Crippen MR) is 396 cm³/mol. The van der Waals surface area contributed by atoms with E-state index in [4.69, 9.17) is 0 Å². The van der Waals surface area contributed by atoms with E-state index >= 15 is 158 Å². The van der Waals surface area contributed by atoms with Gasteiger partial charge in [0.25, 0.3) is 0 Å². The lowest BCUT2D eigenvalue weighted by Crippen LogP contribution is -2.99. The lowest BCUT2D eigenvalue weighted by atomic mass is 9.11. The third-order valence-corrected chi connectivity index (χ3v) is 24.3. The van der Waals surface area contributed by atoms with Gasteiger partial charge < -0.3 is 0 Å². The summed E-state index contributed by atoms with van der Waals surface area (Å²) in [5.74, 6) is -166. The summed E-state index contributed by atoms with van der Waals surface area (Å²) in [7, 11) is 0. The number of benzene rings is 18. The minimum atomic E-state index is -8.50. The quantitative estimate of drug-likeness (QED) is 0.0200. The molecule has 0 saturated carbocycles. The molecule has 142 heavy (non-hydrogen) atoms. The fraction of sp³-hybridized carbons (Fsp3) is 0.136. The van der Waals surface area contributed by atoms with Gasteiger partial charge in [0.15, 0.2) is 233 Å². The Morgan fingerprint density at radius 3 is 0.486 bits per heavy atom. The van der Waals surface area contributed by atoms with Crippen LogP contribution in [-0.2, 0) is 0 Å². The number of rotatable bonds is 15. The van der Waals surface area contributed by atoms with Gasteiger partial charge in [0.1, 0.15) is 29.4 Å². The van der Waals surface area contributed by atoms with Gasteiger partial charge in [-0.05, 0) is 34.4 Å². The van der Waals surface area contributed by atoms with Crippen LogP contribution in [0.3, 0.4) is 0 Å². The highest BCUT2D eigenvalue weighted by Gasteiger charge is 2.74. The van der Waals surface area contributed by atoms with E-state index in [1.54, 1.807) is 0 Å². The summed E-state index contributed by atoms with van der Waals surface area (Å²) in [6.45, 7) is 3.02. The first-order valence-electron chi connectivity index (χ1n) is 38.7. The topological polar surface area (TPSA) is 16.6 Å². The Balaban J connectivity index is 0.000000293. The third-order valence-electron chi connectivity index (χ3n) is 24.3. The van der Waals surface area contributed by atoms with E-state index in [2.05, 4.69) is 0 Å². The van der Waals surface area contributed by atoms with Gasteiger partial charge in [-0.2, -0.15) is 17.6 Å². The van der Waals surface area contributed by atoms with E-state index in [1.165, 1.54) is 6.92 Å². The average molecular weight is 2090 g/mol. The van der Waals surface area contributed by atoms with Crippen molar-refractivity contribution in [2.45, 2.75) is 70.3 Å². The lowest BCUT2D eigenvalue weighted by molar-refractivity contribution is -0.808. The summed E-state index contributed by atoms with van der Waals surface area (Å²) in [6, 6.07) is -4.78. The summed E-state index contributed by atoms with van der Waals surface area (Å²) in [4.78, 5) is 0. The fourth-order valence-electron chi connectivity index (χ4n) is 18.4. The summed E-state index contributed by atoms with van der Waals surface area (Å²) in [5, 5.41) is -71.3. The monoisotopic (exact) mass is 2090 g/mol. The molecule has 0 heterocycles. The Bertz CT molecular complexity index is 7690. The second-order valence-electron chi connectivity index (χ2n) is 31.4. The van der Waals surface area contributed by atoms with Crippen molar-refractivity contribution < 1.29 is 234 Å². The number of alkyl halides is 6. The molecule has 746 valence electrons. The largest absolute Gasteiger partial charge is 0.458 e. The highest BCUT2D eigenvalue weighted by atomic mass is 19.4. The van der Waals surface area contributed by atoms with Crippen LogP contribution in [0.5, 0.6) is 0 Å². The zero-order chi connectivity index (χ0) is 106. The Hall–Kier alpha value is -13.5. The Morgan fingerprint density at radius 2 is 0.310 bits per heavy atom. The van der Waals surface area contributed by atoms with E-state index in [-0.39, 0.29) is 24.7 Å². The molecule has 0 aliphatic carbocycles. The Kier molecular flexibility index (Phi) is 24.0. The van der Waals surface area contributed by atoms with Gasteiger partial charge >= 0.3 is 17.9 Å². The summed E-state index contributed by atoms with van der Waals surface area (Å²) in [5.41, 5.74) is -20.4. The van der Waals surface area contributed by atoms with Gasteiger partial charge in [-0.25, -0.2) is 202 Å². The van der Waals surface area contributed by atoms with Crippen LogP contribution in [0.1, 0.15) is 52.4 Å². The van der Waals surface area contributed by atoms with Crippen LogP contribution >= 0.6 is 0 Å². The predicted octanol–water partition coefficient (Wildman–Crippen LogP) is 28.2. The molecule has 0 aliphatic rings. The molecule has 0 amide bonds. The molecule has 0 aliphatic heterocycles. The van der Waals surface area contributed by atoms with Crippen molar-refractivity contribution in [3.63, 3.8) is 0 Å². The van der Waals surface area contributed by atoms with Gasteiger partial charge in [-0.1, -0.05) is 33.1 Å². The molecule has 18 aromatic rings. The van der Waals surface area contributed by atoms with Crippen LogP contribution < -0.4 is 27.2 Å². The molecule has 0 unspecified atom stereocenters. The van der Waals surface area contributed by atoms with Crippen molar-refractivity contribution in [1.29, 1.82) is 0 Å². The fourth-order valence-corrected chi connectivity index (χ4v) is 18.4. The molecule has 0 aromatic heterocycles. The van der Waals surface area contributed by atoms with Crippen molar-refractivity contribution in [2.75, 3.05) is 6.54 Å². The van der Waals surface area contributed by atoms with Crippen molar-refractivity contribution in [3.05, 3.63) is 268 Å². The maximum Gasteiger partial charge on any atom is 0.458 e. The summed E-state index contributed by atoms with van der Waals surface area (Å²) < 4.78 is 831. The molecule has 18 rings (SSSR count). The first-order valence-corrected chi connectivity index (χ1v) is 38.7. The van der Waals surface area contributed by atoms with E-state index in [0.29, 0.717) is 12.8 Å². The number of halogens is 52. The Labute approximate surface area is 744 Å². The second kappa shape index (κ2) is 33.6. The van der Waals surface area contributed by atoms with Crippen LogP contribution in [0.2, 0.25) is 0 Å².